The second kappa shape index (κ2) is 15.6. The molecule has 0 atom stereocenters. The Morgan fingerprint density at radius 2 is 1.21 bits per heavy atom. The fourth-order valence-corrected chi connectivity index (χ4v) is 3.64. The van der Waals surface area contributed by atoms with Gasteiger partial charge >= 0.3 is 11.9 Å². The number of hydrogen-bond donors (Lipinski definition) is 0. The van der Waals surface area contributed by atoms with Crippen molar-refractivity contribution in [2.24, 2.45) is 5.41 Å². The van der Waals surface area contributed by atoms with Gasteiger partial charge in [0.05, 0.1) is 13.2 Å². The van der Waals surface area contributed by atoms with Gasteiger partial charge in [0.2, 0.25) is 0 Å². The Bertz CT molecular complexity index is 426. The fourth-order valence-electron chi connectivity index (χ4n) is 3.64. The Morgan fingerprint density at radius 3 is 1.64 bits per heavy atom. The van der Waals surface area contributed by atoms with Gasteiger partial charge in [0.15, 0.2) is 5.41 Å². The molecule has 0 amide bonds. The van der Waals surface area contributed by atoms with Crippen molar-refractivity contribution in [3.63, 3.8) is 0 Å². The van der Waals surface area contributed by atoms with Crippen molar-refractivity contribution in [3.8, 4) is 0 Å². The largest absolute Gasteiger partial charge is 0.465 e. The molecule has 1 rings (SSSR count). The van der Waals surface area contributed by atoms with Crippen molar-refractivity contribution >= 4 is 11.9 Å². The minimum absolute atomic E-state index is 0.394. The van der Waals surface area contributed by atoms with E-state index < -0.39 is 17.4 Å². The molecule has 0 saturated heterocycles. The van der Waals surface area contributed by atoms with Gasteiger partial charge in [-0.3, -0.25) is 9.59 Å². The summed E-state index contributed by atoms with van der Waals surface area (Å²) in [6.45, 7) is 5.19. The molecule has 0 aromatic carbocycles. The summed E-state index contributed by atoms with van der Waals surface area (Å²) in [6.07, 6.45) is 19.5. The molecule has 1 aliphatic rings. The summed E-state index contributed by atoms with van der Waals surface area (Å²) in [6, 6.07) is 0. The molecule has 1 aliphatic carbocycles. The molecule has 162 valence electrons. The molecule has 0 N–H and O–H groups in total. The highest BCUT2D eigenvalue weighted by atomic mass is 16.6. The molecule has 4 nitrogen and oxygen atoms in total. The zero-order valence-corrected chi connectivity index (χ0v) is 18.3. The first-order valence-electron chi connectivity index (χ1n) is 11.7. The van der Waals surface area contributed by atoms with Crippen molar-refractivity contribution in [1.82, 2.24) is 0 Å². The maximum atomic E-state index is 12.7. The Labute approximate surface area is 172 Å². The van der Waals surface area contributed by atoms with E-state index in [1.54, 1.807) is 6.08 Å². The molecule has 0 radical (unpaired) electrons. The predicted octanol–water partition coefficient (Wildman–Crippen LogP) is 6.52. The van der Waals surface area contributed by atoms with Gasteiger partial charge in [-0.15, -0.1) is 0 Å². The highest BCUT2D eigenvalue weighted by Crippen LogP contribution is 2.34. The first kappa shape index (κ1) is 24.7. The fraction of sp³-hybridized carbons (Fsp3) is 0.833. The molecule has 0 saturated carbocycles. The number of carbonyl (C=O) groups excluding carboxylic acids is 2. The van der Waals surface area contributed by atoms with Gasteiger partial charge in [-0.25, -0.2) is 0 Å². The van der Waals surface area contributed by atoms with Crippen LogP contribution in [-0.4, -0.2) is 25.2 Å². The molecule has 0 aromatic heterocycles. The number of unbranched alkanes of at least 4 members (excludes halogenated alkanes) is 10. The third kappa shape index (κ3) is 9.25. The molecule has 4 heteroatoms. The lowest BCUT2D eigenvalue weighted by molar-refractivity contribution is -0.169. The monoisotopic (exact) mass is 394 g/mol. The maximum absolute atomic E-state index is 12.7. The lowest BCUT2D eigenvalue weighted by Crippen LogP contribution is -2.41. The summed E-state index contributed by atoms with van der Waals surface area (Å²) < 4.78 is 11.0. The highest BCUT2D eigenvalue weighted by molar-refractivity contribution is 6.02. The lowest BCUT2D eigenvalue weighted by atomic mass is 9.79. The van der Waals surface area contributed by atoms with E-state index in [1.165, 1.54) is 51.4 Å². The summed E-state index contributed by atoms with van der Waals surface area (Å²) in [5, 5.41) is 0. The second-order valence-electron chi connectivity index (χ2n) is 8.07. The van der Waals surface area contributed by atoms with E-state index in [1.807, 2.05) is 6.08 Å². The topological polar surface area (TPSA) is 52.6 Å². The lowest BCUT2D eigenvalue weighted by Gasteiger charge is -2.28. The standard InChI is InChI=1S/C24H42O4/c1-3-5-7-9-11-16-20-27-22(25)24(18-14-13-15-19-24)23(26)28-21-17-12-10-8-6-4-2/h14,18H,3-13,15-17,19-21H2,1-2H3. The molecule has 28 heavy (non-hydrogen) atoms. The number of hydrogen-bond acceptors (Lipinski definition) is 4. The van der Waals surface area contributed by atoms with E-state index in [4.69, 9.17) is 9.47 Å². The SMILES string of the molecule is CCCCCCCCOC(=O)C1(C(=O)OCCCCCCCC)C=CCCC1. The van der Waals surface area contributed by atoms with Crippen molar-refractivity contribution in [2.75, 3.05) is 13.2 Å². The van der Waals surface area contributed by atoms with Gasteiger partial charge in [0.1, 0.15) is 0 Å². The number of allylic oxidation sites excluding steroid dienone is 1. The maximum Gasteiger partial charge on any atom is 0.327 e. The third-order valence-corrected chi connectivity index (χ3v) is 5.53. The minimum Gasteiger partial charge on any atom is -0.465 e. The van der Waals surface area contributed by atoms with E-state index >= 15 is 0 Å². The zero-order chi connectivity index (χ0) is 20.5. The average molecular weight is 395 g/mol. The summed E-state index contributed by atoms with van der Waals surface area (Å²) in [5.74, 6) is -0.852. The summed E-state index contributed by atoms with van der Waals surface area (Å²) >= 11 is 0. The van der Waals surface area contributed by atoms with Crippen LogP contribution in [0.4, 0.5) is 0 Å². The third-order valence-electron chi connectivity index (χ3n) is 5.53. The number of ether oxygens (including phenoxy) is 2. The van der Waals surface area contributed by atoms with Gasteiger partial charge in [0, 0.05) is 0 Å². The van der Waals surface area contributed by atoms with Gasteiger partial charge < -0.3 is 9.47 Å². The second-order valence-corrected chi connectivity index (χ2v) is 8.07. The van der Waals surface area contributed by atoms with Crippen LogP contribution in [0.2, 0.25) is 0 Å². The number of esters is 2. The van der Waals surface area contributed by atoms with Crippen molar-refractivity contribution in [1.29, 1.82) is 0 Å². The van der Waals surface area contributed by atoms with Crippen molar-refractivity contribution < 1.29 is 19.1 Å². The van der Waals surface area contributed by atoms with Crippen LogP contribution in [0, 0.1) is 5.41 Å². The molecule has 0 aromatic rings. The Morgan fingerprint density at radius 1 is 0.750 bits per heavy atom. The molecule has 0 fully saturated rings. The normalized spacial score (nSPS) is 15.4. The number of carbonyl (C=O) groups is 2. The van der Waals surface area contributed by atoms with Crippen molar-refractivity contribution in [2.45, 2.75) is 110 Å². The van der Waals surface area contributed by atoms with E-state index in [-0.39, 0.29) is 0 Å². The van der Waals surface area contributed by atoms with Gasteiger partial charge in [-0.05, 0) is 32.1 Å². The van der Waals surface area contributed by atoms with Gasteiger partial charge in [0.25, 0.3) is 0 Å². The van der Waals surface area contributed by atoms with Crippen LogP contribution in [0.1, 0.15) is 110 Å². The molecule has 0 aliphatic heterocycles. The smallest absolute Gasteiger partial charge is 0.327 e. The molecule has 0 bridgehead atoms. The predicted molar refractivity (Wildman–Crippen MR) is 114 cm³/mol. The molecule has 0 unspecified atom stereocenters. The van der Waals surface area contributed by atoms with Crippen LogP contribution < -0.4 is 0 Å². The molecule has 0 heterocycles. The molecular formula is C24H42O4. The van der Waals surface area contributed by atoms with Crippen molar-refractivity contribution in [3.05, 3.63) is 12.2 Å². The summed E-state index contributed by atoms with van der Waals surface area (Å²) in [5.41, 5.74) is -1.22. The minimum atomic E-state index is -1.22. The van der Waals surface area contributed by atoms with E-state index in [0.29, 0.717) is 19.6 Å². The average Bonchev–Trinajstić information content (AvgIpc) is 2.72. The van der Waals surface area contributed by atoms with Crippen LogP contribution in [0.3, 0.4) is 0 Å². The van der Waals surface area contributed by atoms with Gasteiger partial charge in [-0.2, -0.15) is 0 Å². The van der Waals surface area contributed by atoms with E-state index in [0.717, 1.165) is 38.5 Å². The van der Waals surface area contributed by atoms with E-state index in [2.05, 4.69) is 13.8 Å². The molecule has 0 spiro atoms. The Balaban J connectivity index is 2.37. The van der Waals surface area contributed by atoms with Crippen LogP contribution in [0.15, 0.2) is 12.2 Å². The van der Waals surface area contributed by atoms with Crippen LogP contribution in [0.25, 0.3) is 0 Å². The van der Waals surface area contributed by atoms with Crippen LogP contribution in [0.5, 0.6) is 0 Å². The summed E-state index contributed by atoms with van der Waals surface area (Å²) in [7, 11) is 0. The first-order chi connectivity index (χ1) is 13.7. The highest BCUT2D eigenvalue weighted by Gasteiger charge is 2.47. The first-order valence-corrected chi connectivity index (χ1v) is 11.7. The van der Waals surface area contributed by atoms with E-state index in [9.17, 15) is 9.59 Å². The number of rotatable bonds is 16. The molecular weight excluding hydrogens is 352 g/mol. The quantitative estimate of drug-likeness (QED) is 0.129. The van der Waals surface area contributed by atoms with Crippen LogP contribution in [-0.2, 0) is 19.1 Å². The Hall–Kier alpha value is -1.32. The van der Waals surface area contributed by atoms with Crippen LogP contribution >= 0.6 is 0 Å². The van der Waals surface area contributed by atoms with Gasteiger partial charge in [-0.1, -0.05) is 90.2 Å². The summed E-state index contributed by atoms with van der Waals surface area (Å²) in [4.78, 5) is 25.5. The zero-order valence-electron chi connectivity index (χ0n) is 18.3. The Kier molecular flexibility index (Phi) is 13.8.